The van der Waals surface area contributed by atoms with Gasteiger partial charge in [-0.1, -0.05) is 20.8 Å². The van der Waals surface area contributed by atoms with E-state index in [1.54, 1.807) is 6.07 Å². The molecule has 15 heavy (non-hydrogen) atoms. The van der Waals surface area contributed by atoms with Crippen molar-refractivity contribution < 1.29 is 4.39 Å². The van der Waals surface area contributed by atoms with Crippen LogP contribution in [0.3, 0.4) is 0 Å². The number of aromatic nitrogens is 2. The quantitative estimate of drug-likeness (QED) is 0.709. The standard InChI is InChI=1S/C12H17FN2/c1-8-7-9(12(13)5-6-12)15-10(14-8)11(2,3)4/h7H,5-6H2,1-4H3. The molecule has 1 saturated carbocycles. The Bertz CT molecular complexity index is 366. The third-order valence-corrected chi connectivity index (χ3v) is 2.67. The smallest absolute Gasteiger partial charge is 0.153 e. The Hall–Kier alpha value is -0.990. The van der Waals surface area contributed by atoms with Crippen LogP contribution in [-0.2, 0) is 11.1 Å². The number of rotatable bonds is 1. The SMILES string of the molecule is Cc1cc(C2(F)CC2)nc(C(C)(C)C)n1. The van der Waals surface area contributed by atoms with E-state index in [0.29, 0.717) is 18.5 Å². The second-order valence-corrected chi connectivity index (χ2v) is 5.43. The topological polar surface area (TPSA) is 25.8 Å². The van der Waals surface area contributed by atoms with Gasteiger partial charge in [0.05, 0.1) is 5.69 Å². The van der Waals surface area contributed by atoms with E-state index < -0.39 is 5.67 Å². The molecule has 0 bridgehead atoms. The van der Waals surface area contributed by atoms with Crippen LogP contribution in [0.5, 0.6) is 0 Å². The van der Waals surface area contributed by atoms with E-state index in [0.717, 1.165) is 11.5 Å². The first-order valence-corrected chi connectivity index (χ1v) is 5.37. The van der Waals surface area contributed by atoms with Crippen LogP contribution in [0.15, 0.2) is 6.07 Å². The molecule has 0 spiro atoms. The van der Waals surface area contributed by atoms with Gasteiger partial charge in [-0.05, 0) is 25.8 Å². The lowest BCUT2D eigenvalue weighted by molar-refractivity contribution is 0.306. The van der Waals surface area contributed by atoms with Crippen LogP contribution >= 0.6 is 0 Å². The molecule has 2 rings (SSSR count). The molecule has 82 valence electrons. The van der Waals surface area contributed by atoms with Crippen molar-refractivity contribution in [2.24, 2.45) is 0 Å². The minimum atomic E-state index is -1.16. The van der Waals surface area contributed by atoms with Crippen molar-refractivity contribution in [3.63, 3.8) is 0 Å². The fourth-order valence-electron chi connectivity index (χ4n) is 1.50. The normalized spacial score (nSPS) is 19.0. The van der Waals surface area contributed by atoms with Gasteiger partial charge in [-0.25, -0.2) is 14.4 Å². The largest absolute Gasteiger partial charge is 0.238 e. The van der Waals surface area contributed by atoms with E-state index in [1.807, 2.05) is 27.7 Å². The highest BCUT2D eigenvalue weighted by atomic mass is 19.1. The van der Waals surface area contributed by atoms with Crippen molar-refractivity contribution in [1.82, 2.24) is 9.97 Å². The number of halogens is 1. The van der Waals surface area contributed by atoms with Gasteiger partial charge in [0.25, 0.3) is 0 Å². The molecule has 1 aliphatic carbocycles. The summed E-state index contributed by atoms with van der Waals surface area (Å²) in [7, 11) is 0. The summed E-state index contributed by atoms with van der Waals surface area (Å²) in [6, 6.07) is 1.77. The predicted molar refractivity (Wildman–Crippen MR) is 57.5 cm³/mol. The van der Waals surface area contributed by atoms with Crippen molar-refractivity contribution in [1.29, 1.82) is 0 Å². The van der Waals surface area contributed by atoms with Crippen molar-refractivity contribution >= 4 is 0 Å². The molecular weight excluding hydrogens is 191 g/mol. The predicted octanol–water partition coefficient (Wildman–Crippen LogP) is 3.04. The third kappa shape index (κ3) is 2.01. The first kappa shape index (κ1) is 10.5. The minimum absolute atomic E-state index is 0.119. The molecule has 0 aromatic carbocycles. The summed E-state index contributed by atoms with van der Waals surface area (Å²) in [6.45, 7) is 8.03. The first-order chi connectivity index (χ1) is 6.81. The van der Waals surface area contributed by atoms with Crippen LogP contribution in [-0.4, -0.2) is 9.97 Å². The maximum absolute atomic E-state index is 13.9. The average molecular weight is 208 g/mol. The number of hydrogen-bond acceptors (Lipinski definition) is 2. The summed E-state index contributed by atoms with van der Waals surface area (Å²) in [5.74, 6) is 0.737. The Morgan fingerprint density at radius 3 is 2.33 bits per heavy atom. The van der Waals surface area contributed by atoms with E-state index in [1.165, 1.54) is 0 Å². The molecule has 1 heterocycles. The molecule has 0 amide bonds. The molecule has 0 radical (unpaired) electrons. The highest BCUT2D eigenvalue weighted by molar-refractivity contribution is 5.24. The Morgan fingerprint density at radius 1 is 1.27 bits per heavy atom. The van der Waals surface area contributed by atoms with Crippen LogP contribution in [0, 0.1) is 6.92 Å². The molecule has 0 unspecified atom stereocenters. The van der Waals surface area contributed by atoms with Crippen molar-refractivity contribution in [2.75, 3.05) is 0 Å². The van der Waals surface area contributed by atoms with Gasteiger partial charge in [-0.2, -0.15) is 0 Å². The van der Waals surface area contributed by atoms with Crippen LogP contribution in [0.2, 0.25) is 0 Å². The number of hydrogen-bond donors (Lipinski definition) is 0. The summed E-state index contributed by atoms with van der Waals surface area (Å²) in [6.07, 6.45) is 1.21. The number of alkyl halides is 1. The molecule has 1 aliphatic rings. The Balaban J connectivity index is 2.46. The van der Waals surface area contributed by atoms with Gasteiger partial charge in [0.15, 0.2) is 5.67 Å². The zero-order chi connectivity index (χ0) is 11.3. The molecule has 0 saturated heterocycles. The highest BCUT2D eigenvalue weighted by Gasteiger charge is 2.47. The first-order valence-electron chi connectivity index (χ1n) is 5.37. The van der Waals surface area contributed by atoms with E-state index in [4.69, 9.17) is 0 Å². The van der Waals surface area contributed by atoms with Gasteiger partial charge in [0.1, 0.15) is 5.82 Å². The number of aryl methyl sites for hydroxylation is 1. The molecule has 1 fully saturated rings. The lowest BCUT2D eigenvalue weighted by Crippen LogP contribution is -2.19. The van der Waals surface area contributed by atoms with Crippen molar-refractivity contribution in [3.05, 3.63) is 23.3 Å². The highest BCUT2D eigenvalue weighted by Crippen LogP contribution is 2.48. The summed E-state index contributed by atoms with van der Waals surface area (Å²) in [5.41, 5.74) is 0.147. The maximum atomic E-state index is 13.9. The van der Waals surface area contributed by atoms with Gasteiger partial charge in [-0.15, -0.1) is 0 Å². The summed E-state index contributed by atoms with van der Waals surface area (Å²) in [4.78, 5) is 8.72. The lowest BCUT2D eigenvalue weighted by Gasteiger charge is -2.18. The fourth-order valence-corrected chi connectivity index (χ4v) is 1.50. The van der Waals surface area contributed by atoms with Gasteiger partial charge in [0, 0.05) is 11.1 Å². The van der Waals surface area contributed by atoms with E-state index in [2.05, 4.69) is 9.97 Å². The Labute approximate surface area is 89.9 Å². The van der Waals surface area contributed by atoms with Crippen LogP contribution < -0.4 is 0 Å². The average Bonchev–Trinajstić information content (AvgIpc) is 2.82. The van der Waals surface area contributed by atoms with Gasteiger partial charge >= 0.3 is 0 Å². The van der Waals surface area contributed by atoms with E-state index >= 15 is 0 Å². The van der Waals surface area contributed by atoms with E-state index in [9.17, 15) is 4.39 Å². The van der Waals surface area contributed by atoms with E-state index in [-0.39, 0.29) is 5.41 Å². The monoisotopic (exact) mass is 208 g/mol. The van der Waals surface area contributed by atoms with Crippen molar-refractivity contribution in [2.45, 2.75) is 51.6 Å². The van der Waals surface area contributed by atoms with Crippen LogP contribution in [0.1, 0.15) is 50.8 Å². The molecule has 0 atom stereocenters. The van der Waals surface area contributed by atoms with Gasteiger partial charge < -0.3 is 0 Å². The second-order valence-electron chi connectivity index (χ2n) is 5.43. The lowest BCUT2D eigenvalue weighted by atomic mass is 9.95. The third-order valence-electron chi connectivity index (χ3n) is 2.67. The zero-order valence-corrected chi connectivity index (χ0v) is 9.76. The zero-order valence-electron chi connectivity index (χ0n) is 9.76. The molecular formula is C12H17FN2. The molecule has 3 heteroatoms. The summed E-state index contributed by atoms with van der Waals surface area (Å²) >= 11 is 0. The molecule has 1 aromatic rings. The molecule has 0 N–H and O–H groups in total. The molecule has 0 aliphatic heterocycles. The summed E-state index contributed by atoms with van der Waals surface area (Å²) < 4.78 is 13.9. The summed E-state index contributed by atoms with van der Waals surface area (Å²) in [5, 5.41) is 0. The molecule has 1 aromatic heterocycles. The molecule has 2 nitrogen and oxygen atoms in total. The minimum Gasteiger partial charge on any atom is -0.238 e. The maximum Gasteiger partial charge on any atom is 0.153 e. The fraction of sp³-hybridized carbons (Fsp3) is 0.667. The van der Waals surface area contributed by atoms with Crippen LogP contribution in [0.25, 0.3) is 0 Å². The van der Waals surface area contributed by atoms with Crippen LogP contribution in [0.4, 0.5) is 4.39 Å². The van der Waals surface area contributed by atoms with Gasteiger partial charge in [-0.3, -0.25) is 0 Å². The number of nitrogens with zero attached hydrogens (tertiary/aromatic N) is 2. The second kappa shape index (κ2) is 3.00. The van der Waals surface area contributed by atoms with Crippen molar-refractivity contribution in [3.8, 4) is 0 Å². The van der Waals surface area contributed by atoms with Gasteiger partial charge in [0.2, 0.25) is 0 Å². The Morgan fingerprint density at radius 2 is 1.87 bits per heavy atom. The Kier molecular flexibility index (Phi) is 2.11.